The van der Waals surface area contributed by atoms with Crippen LogP contribution in [0.2, 0.25) is 0 Å². The Hall–Kier alpha value is -0.900. The van der Waals surface area contributed by atoms with Crippen LogP contribution in [0.4, 0.5) is 0 Å². The van der Waals surface area contributed by atoms with Gasteiger partial charge in [0.1, 0.15) is 0 Å². The average Bonchev–Trinajstić information content (AvgIpc) is 2.46. The third-order valence-electron chi connectivity index (χ3n) is 3.76. The topological polar surface area (TPSA) is 24.5 Å². The average molecular weight is 262 g/mol. The first-order valence-corrected chi connectivity index (χ1v) is 7.35. The Morgan fingerprint density at radius 3 is 2.68 bits per heavy atom. The van der Waals surface area contributed by atoms with Crippen LogP contribution >= 0.6 is 0 Å². The molecule has 0 aromatic heterocycles. The van der Waals surface area contributed by atoms with Crippen molar-refractivity contribution in [2.45, 2.75) is 19.4 Å². The summed E-state index contributed by atoms with van der Waals surface area (Å²) in [5.41, 5.74) is 1.25. The molecule has 1 N–H and O–H groups in total. The SMILES string of the molecule is CN(CCOCc1ccccc1)CC1CCNCC1. The van der Waals surface area contributed by atoms with Crippen LogP contribution in [-0.2, 0) is 11.3 Å². The van der Waals surface area contributed by atoms with Gasteiger partial charge < -0.3 is 15.0 Å². The van der Waals surface area contributed by atoms with Gasteiger partial charge in [0.2, 0.25) is 0 Å². The predicted molar refractivity (Wildman–Crippen MR) is 79.2 cm³/mol. The minimum absolute atomic E-state index is 0.724. The third kappa shape index (κ3) is 5.72. The summed E-state index contributed by atoms with van der Waals surface area (Å²) < 4.78 is 5.73. The maximum atomic E-state index is 5.73. The molecule has 19 heavy (non-hydrogen) atoms. The van der Waals surface area contributed by atoms with Crippen LogP contribution in [0.3, 0.4) is 0 Å². The van der Waals surface area contributed by atoms with Crippen molar-refractivity contribution in [1.29, 1.82) is 0 Å². The molecule has 1 saturated heterocycles. The molecule has 0 atom stereocenters. The van der Waals surface area contributed by atoms with Gasteiger partial charge in [-0.1, -0.05) is 30.3 Å². The third-order valence-corrected chi connectivity index (χ3v) is 3.76. The highest BCUT2D eigenvalue weighted by molar-refractivity contribution is 5.13. The molecule has 0 amide bonds. The monoisotopic (exact) mass is 262 g/mol. The lowest BCUT2D eigenvalue weighted by Gasteiger charge is -2.27. The summed E-state index contributed by atoms with van der Waals surface area (Å²) in [6.07, 6.45) is 2.63. The molecule has 0 unspecified atom stereocenters. The van der Waals surface area contributed by atoms with Crippen molar-refractivity contribution in [1.82, 2.24) is 10.2 Å². The first-order chi connectivity index (χ1) is 9.34. The van der Waals surface area contributed by atoms with Crippen molar-refractivity contribution < 1.29 is 4.74 Å². The van der Waals surface area contributed by atoms with Crippen molar-refractivity contribution in [3.05, 3.63) is 35.9 Å². The lowest BCUT2D eigenvalue weighted by atomic mass is 9.98. The van der Waals surface area contributed by atoms with Crippen LogP contribution in [0.15, 0.2) is 30.3 Å². The Balaban J connectivity index is 1.55. The van der Waals surface area contributed by atoms with Crippen molar-refractivity contribution in [2.24, 2.45) is 5.92 Å². The van der Waals surface area contributed by atoms with Crippen molar-refractivity contribution in [2.75, 3.05) is 39.8 Å². The molecular weight excluding hydrogens is 236 g/mol. The molecule has 3 nitrogen and oxygen atoms in total. The van der Waals surface area contributed by atoms with Crippen LogP contribution in [0, 0.1) is 5.92 Å². The molecule has 1 fully saturated rings. The number of hydrogen-bond donors (Lipinski definition) is 1. The van der Waals surface area contributed by atoms with Gasteiger partial charge in [0.25, 0.3) is 0 Å². The van der Waals surface area contributed by atoms with Gasteiger partial charge in [-0.2, -0.15) is 0 Å². The van der Waals surface area contributed by atoms with E-state index in [1.165, 1.54) is 38.0 Å². The molecule has 1 heterocycles. The van der Waals surface area contributed by atoms with E-state index in [0.717, 1.165) is 25.7 Å². The Morgan fingerprint density at radius 1 is 1.21 bits per heavy atom. The van der Waals surface area contributed by atoms with Gasteiger partial charge in [-0.05, 0) is 44.5 Å². The fourth-order valence-electron chi connectivity index (χ4n) is 2.58. The van der Waals surface area contributed by atoms with Crippen LogP contribution in [0.1, 0.15) is 18.4 Å². The van der Waals surface area contributed by atoms with E-state index in [1.54, 1.807) is 0 Å². The van der Waals surface area contributed by atoms with Gasteiger partial charge in [-0.25, -0.2) is 0 Å². The highest BCUT2D eigenvalue weighted by Gasteiger charge is 2.14. The standard InChI is InChI=1S/C16H26N2O/c1-18(13-15-7-9-17-10-8-15)11-12-19-14-16-5-3-2-4-6-16/h2-6,15,17H,7-14H2,1H3. The van der Waals surface area contributed by atoms with Crippen LogP contribution in [0.5, 0.6) is 0 Å². The zero-order valence-corrected chi connectivity index (χ0v) is 12.0. The van der Waals surface area contributed by atoms with E-state index < -0.39 is 0 Å². The zero-order valence-electron chi connectivity index (χ0n) is 12.0. The Bertz CT molecular complexity index is 336. The Kier molecular flexibility index (Phi) is 6.34. The number of nitrogens with zero attached hydrogens (tertiary/aromatic N) is 1. The smallest absolute Gasteiger partial charge is 0.0717 e. The number of rotatable bonds is 7. The first-order valence-electron chi connectivity index (χ1n) is 7.35. The molecule has 1 aliphatic rings. The van der Waals surface area contributed by atoms with E-state index in [-0.39, 0.29) is 0 Å². The largest absolute Gasteiger partial charge is 0.375 e. The Labute approximate surface area is 116 Å². The van der Waals surface area contributed by atoms with E-state index >= 15 is 0 Å². The Morgan fingerprint density at radius 2 is 1.95 bits per heavy atom. The maximum Gasteiger partial charge on any atom is 0.0717 e. The van der Waals surface area contributed by atoms with E-state index in [9.17, 15) is 0 Å². The zero-order chi connectivity index (χ0) is 13.3. The fourth-order valence-corrected chi connectivity index (χ4v) is 2.58. The summed E-state index contributed by atoms with van der Waals surface area (Å²) in [6, 6.07) is 10.4. The van der Waals surface area contributed by atoms with Gasteiger partial charge in [-0.15, -0.1) is 0 Å². The summed E-state index contributed by atoms with van der Waals surface area (Å²) in [4.78, 5) is 2.40. The first kappa shape index (κ1) is 14.5. The number of nitrogens with one attached hydrogen (secondary N) is 1. The van der Waals surface area contributed by atoms with E-state index in [0.29, 0.717) is 0 Å². The van der Waals surface area contributed by atoms with Crippen LogP contribution in [0.25, 0.3) is 0 Å². The molecule has 2 rings (SSSR count). The van der Waals surface area contributed by atoms with Gasteiger partial charge in [0.15, 0.2) is 0 Å². The van der Waals surface area contributed by atoms with E-state index in [1.807, 2.05) is 6.07 Å². The number of piperidine rings is 1. The van der Waals surface area contributed by atoms with Gasteiger partial charge in [-0.3, -0.25) is 0 Å². The number of likely N-dealkylation sites (N-methyl/N-ethyl adjacent to an activating group) is 1. The molecule has 106 valence electrons. The lowest BCUT2D eigenvalue weighted by molar-refractivity contribution is 0.0935. The highest BCUT2D eigenvalue weighted by Crippen LogP contribution is 2.12. The van der Waals surface area contributed by atoms with Gasteiger partial charge in [0, 0.05) is 13.1 Å². The molecule has 1 aliphatic heterocycles. The van der Waals surface area contributed by atoms with Gasteiger partial charge >= 0.3 is 0 Å². The fraction of sp³-hybridized carbons (Fsp3) is 0.625. The van der Waals surface area contributed by atoms with Crippen molar-refractivity contribution >= 4 is 0 Å². The van der Waals surface area contributed by atoms with Crippen LogP contribution in [-0.4, -0.2) is 44.7 Å². The summed E-state index contributed by atoms with van der Waals surface area (Å²) in [5, 5.41) is 3.42. The van der Waals surface area contributed by atoms with E-state index in [2.05, 4.69) is 41.5 Å². The van der Waals surface area contributed by atoms with Crippen LogP contribution < -0.4 is 5.32 Å². The summed E-state index contributed by atoms with van der Waals surface area (Å²) in [6.45, 7) is 6.14. The quantitative estimate of drug-likeness (QED) is 0.762. The minimum Gasteiger partial charge on any atom is -0.375 e. The van der Waals surface area contributed by atoms with E-state index in [4.69, 9.17) is 4.74 Å². The lowest BCUT2D eigenvalue weighted by Crippen LogP contribution is -2.35. The molecule has 0 radical (unpaired) electrons. The van der Waals surface area contributed by atoms with Crippen molar-refractivity contribution in [3.8, 4) is 0 Å². The highest BCUT2D eigenvalue weighted by atomic mass is 16.5. The predicted octanol–water partition coefficient (Wildman–Crippen LogP) is 2.13. The van der Waals surface area contributed by atoms with Gasteiger partial charge in [0.05, 0.1) is 13.2 Å². The number of hydrogen-bond acceptors (Lipinski definition) is 3. The molecule has 1 aromatic rings. The molecule has 0 saturated carbocycles. The second-order valence-electron chi connectivity index (χ2n) is 5.49. The van der Waals surface area contributed by atoms with Crippen molar-refractivity contribution in [3.63, 3.8) is 0 Å². The molecular formula is C16H26N2O. The molecule has 0 aliphatic carbocycles. The summed E-state index contributed by atoms with van der Waals surface area (Å²) in [7, 11) is 2.20. The molecule has 0 spiro atoms. The number of benzene rings is 1. The maximum absolute atomic E-state index is 5.73. The molecule has 1 aromatic carbocycles. The summed E-state index contributed by atoms with van der Waals surface area (Å²) in [5.74, 6) is 0.861. The molecule has 3 heteroatoms. The minimum atomic E-state index is 0.724. The second kappa shape index (κ2) is 8.31. The number of ether oxygens (including phenoxy) is 1. The normalized spacial score (nSPS) is 16.9. The molecule has 0 bridgehead atoms. The second-order valence-corrected chi connectivity index (χ2v) is 5.49. The summed E-state index contributed by atoms with van der Waals surface area (Å²) >= 11 is 0.